The number of hydrogen-bond acceptors (Lipinski definition) is 2. The molecule has 2 amide bonds. The fourth-order valence-electron chi connectivity index (χ4n) is 4.16. The van der Waals surface area contributed by atoms with Gasteiger partial charge in [0.25, 0.3) is 0 Å². The van der Waals surface area contributed by atoms with E-state index < -0.39 is 6.04 Å². The van der Waals surface area contributed by atoms with E-state index in [4.69, 9.17) is 0 Å². The van der Waals surface area contributed by atoms with Gasteiger partial charge < -0.3 is 10.2 Å². The van der Waals surface area contributed by atoms with Crippen LogP contribution in [0.3, 0.4) is 0 Å². The largest absolute Gasteiger partial charge is 0.354 e. The number of benzene rings is 4. The van der Waals surface area contributed by atoms with E-state index >= 15 is 0 Å². The molecule has 0 saturated carbocycles. The first kappa shape index (κ1) is 24.9. The van der Waals surface area contributed by atoms with E-state index in [1.165, 1.54) is 12.1 Å². The Labute approximate surface area is 211 Å². The van der Waals surface area contributed by atoms with Crippen molar-refractivity contribution in [2.24, 2.45) is 0 Å². The minimum absolute atomic E-state index is 0.155. The molecular weight excluding hydrogens is 451 g/mol. The molecule has 36 heavy (non-hydrogen) atoms. The number of rotatable bonds is 10. The van der Waals surface area contributed by atoms with Crippen molar-refractivity contribution >= 4 is 11.8 Å². The molecule has 4 nitrogen and oxygen atoms in total. The van der Waals surface area contributed by atoms with Gasteiger partial charge >= 0.3 is 0 Å². The normalized spacial score (nSPS) is 11.5. The Hall–Kier alpha value is -4.25. The third kappa shape index (κ3) is 6.89. The van der Waals surface area contributed by atoms with Gasteiger partial charge in [-0.1, -0.05) is 103 Å². The molecule has 0 aromatic heterocycles. The van der Waals surface area contributed by atoms with Gasteiger partial charge in [0.2, 0.25) is 11.8 Å². The third-order valence-electron chi connectivity index (χ3n) is 6.02. The molecule has 0 aliphatic rings. The number of hydrogen-bond donors (Lipinski definition) is 1. The van der Waals surface area contributed by atoms with Crippen LogP contribution in [0.15, 0.2) is 115 Å². The molecule has 0 aliphatic heterocycles. The average Bonchev–Trinajstić information content (AvgIpc) is 2.91. The van der Waals surface area contributed by atoms with Gasteiger partial charge in [-0.3, -0.25) is 9.59 Å². The Morgan fingerprint density at radius 3 is 1.86 bits per heavy atom. The molecule has 0 unspecified atom stereocenters. The molecule has 0 aliphatic carbocycles. The molecule has 4 rings (SSSR count). The zero-order valence-electron chi connectivity index (χ0n) is 20.0. The number of carbonyl (C=O) groups excluding carboxylic acids is 2. The van der Waals surface area contributed by atoms with Gasteiger partial charge in [0.05, 0.1) is 6.42 Å². The van der Waals surface area contributed by atoms with Crippen molar-refractivity contribution in [2.45, 2.75) is 25.4 Å². The van der Waals surface area contributed by atoms with E-state index in [-0.39, 0.29) is 30.6 Å². The lowest BCUT2D eigenvalue weighted by Crippen LogP contribution is -2.44. The molecule has 0 heterocycles. The highest BCUT2D eigenvalue weighted by Gasteiger charge is 2.31. The molecule has 0 bridgehead atoms. The zero-order chi connectivity index (χ0) is 25.2. The summed E-state index contributed by atoms with van der Waals surface area (Å²) in [5, 5.41) is 3.03. The summed E-state index contributed by atoms with van der Waals surface area (Å²) in [6.45, 7) is 0.626. The SMILES string of the molecule is O=C(NCCc1ccccc1)[C@@H](c1ccccc1)N(Cc1ccc(F)cc1)C(=O)Cc1ccccc1. The topological polar surface area (TPSA) is 49.4 Å². The van der Waals surface area contributed by atoms with Crippen LogP contribution in [-0.2, 0) is 29.0 Å². The standard InChI is InChI=1S/C31H29FN2O2/c32-28-18-16-26(17-19-28)23-34(29(35)22-25-12-6-2-7-13-25)30(27-14-8-3-9-15-27)31(36)33-21-20-24-10-4-1-5-11-24/h1-19,30H,20-23H2,(H,33,36)/t30-/m1/s1. The second-order valence-corrected chi connectivity index (χ2v) is 8.65. The number of halogens is 1. The predicted octanol–water partition coefficient (Wildman–Crippen LogP) is 5.50. The maximum atomic E-state index is 13.7. The maximum absolute atomic E-state index is 13.7. The van der Waals surface area contributed by atoms with Gasteiger partial charge in [0.1, 0.15) is 11.9 Å². The molecule has 0 fully saturated rings. The highest BCUT2D eigenvalue weighted by Crippen LogP contribution is 2.25. The van der Waals surface area contributed by atoms with E-state index in [2.05, 4.69) is 5.32 Å². The fraction of sp³-hybridized carbons (Fsp3) is 0.161. The molecule has 0 spiro atoms. The van der Waals surface area contributed by atoms with Crippen molar-refractivity contribution in [1.29, 1.82) is 0 Å². The van der Waals surface area contributed by atoms with Crippen molar-refractivity contribution in [3.63, 3.8) is 0 Å². The van der Waals surface area contributed by atoms with Crippen LogP contribution in [0.25, 0.3) is 0 Å². The molecule has 0 radical (unpaired) electrons. The fourth-order valence-corrected chi connectivity index (χ4v) is 4.16. The first-order chi connectivity index (χ1) is 17.6. The lowest BCUT2D eigenvalue weighted by atomic mass is 10.0. The van der Waals surface area contributed by atoms with Gasteiger partial charge in [0, 0.05) is 13.1 Å². The predicted molar refractivity (Wildman–Crippen MR) is 139 cm³/mol. The molecule has 1 atom stereocenters. The summed E-state index contributed by atoms with van der Waals surface area (Å²) >= 11 is 0. The Balaban J connectivity index is 1.62. The highest BCUT2D eigenvalue weighted by molar-refractivity contribution is 5.89. The Morgan fingerprint density at radius 1 is 0.694 bits per heavy atom. The van der Waals surface area contributed by atoms with Gasteiger partial charge in [0.15, 0.2) is 0 Å². The molecule has 1 N–H and O–H groups in total. The second kappa shape index (κ2) is 12.5. The average molecular weight is 481 g/mol. The minimum Gasteiger partial charge on any atom is -0.354 e. The lowest BCUT2D eigenvalue weighted by Gasteiger charge is -2.32. The van der Waals surface area contributed by atoms with E-state index in [0.717, 1.165) is 22.3 Å². The molecule has 4 aromatic carbocycles. The van der Waals surface area contributed by atoms with Gasteiger partial charge in [-0.15, -0.1) is 0 Å². The van der Waals surface area contributed by atoms with Crippen LogP contribution in [0.4, 0.5) is 4.39 Å². The molecule has 182 valence electrons. The minimum atomic E-state index is -0.830. The molecule has 5 heteroatoms. The molecule has 4 aromatic rings. The van der Waals surface area contributed by atoms with Crippen molar-refractivity contribution in [1.82, 2.24) is 10.2 Å². The first-order valence-corrected chi connectivity index (χ1v) is 12.0. The van der Waals surface area contributed by atoms with E-state index in [9.17, 15) is 14.0 Å². The van der Waals surface area contributed by atoms with Crippen LogP contribution >= 0.6 is 0 Å². The van der Waals surface area contributed by atoms with E-state index in [1.807, 2.05) is 91.0 Å². The van der Waals surface area contributed by atoms with Crippen LogP contribution in [0.5, 0.6) is 0 Å². The van der Waals surface area contributed by atoms with Gasteiger partial charge in [-0.05, 0) is 40.8 Å². The third-order valence-corrected chi connectivity index (χ3v) is 6.02. The number of carbonyl (C=O) groups is 2. The van der Waals surface area contributed by atoms with Crippen molar-refractivity contribution in [3.8, 4) is 0 Å². The summed E-state index contributed by atoms with van der Waals surface area (Å²) in [6, 6.07) is 33.9. The highest BCUT2D eigenvalue weighted by atomic mass is 19.1. The summed E-state index contributed by atoms with van der Waals surface area (Å²) in [5.74, 6) is -0.780. The van der Waals surface area contributed by atoms with Crippen molar-refractivity contribution < 1.29 is 14.0 Å². The van der Waals surface area contributed by atoms with Crippen LogP contribution in [-0.4, -0.2) is 23.3 Å². The number of amides is 2. The quantitative estimate of drug-likeness (QED) is 0.326. The van der Waals surface area contributed by atoms with Crippen LogP contribution in [0, 0.1) is 5.82 Å². The van der Waals surface area contributed by atoms with Crippen LogP contribution in [0.1, 0.15) is 28.3 Å². The summed E-state index contributed by atoms with van der Waals surface area (Å²) in [7, 11) is 0. The van der Waals surface area contributed by atoms with Crippen molar-refractivity contribution in [3.05, 3.63) is 143 Å². The Morgan fingerprint density at radius 2 is 1.25 bits per heavy atom. The molecular formula is C31H29FN2O2. The Kier molecular flexibility index (Phi) is 8.60. The summed E-state index contributed by atoms with van der Waals surface area (Å²) in [4.78, 5) is 28.9. The van der Waals surface area contributed by atoms with Crippen LogP contribution < -0.4 is 5.32 Å². The second-order valence-electron chi connectivity index (χ2n) is 8.65. The zero-order valence-corrected chi connectivity index (χ0v) is 20.0. The van der Waals surface area contributed by atoms with Crippen molar-refractivity contribution in [2.75, 3.05) is 6.54 Å². The van der Waals surface area contributed by atoms with E-state index in [0.29, 0.717) is 13.0 Å². The first-order valence-electron chi connectivity index (χ1n) is 12.0. The number of nitrogens with zero attached hydrogens (tertiary/aromatic N) is 1. The van der Waals surface area contributed by atoms with Gasteiger partial charge in [-0.2, -0.15) is 0 Å². The summed E-state index contributed by atoms with van der Waals surface area (Å²) in [6.07, 6.45) is 0.840. The maximum Gasteiger partial charge on any atom is 0.247 e. The number of nitrogens with one attached hydrogen (secondary N) is 1. The molecule has 0 saturated heterocycles. The smallest absolute Gasteiger partial charge is 0.247 e. The summed E-state index contributed by atoms with van der Waals surface area (Å²) < 4.78 is 13.6. The van der Waals surface area contributed by atoms with E-state index in [1.54, 1.807) is 17.0 Å². The monoisotopic (exact) mass is 480 g/mol. The Bertz CT molecular complexity index is 1250. The van der Waals surface area contributed by atoms with Gasteiger partial charge in [-0.25, -0.2) is 4.39 Å². The lowest BCUT2D eigenvalue weighted by molar-refractivity contribution is -0.141. The summed E-state index contributed by atoms with van der Waals surface area (Å²) in [5.41, 5.74) is 3.45. The van der Waals surface area contributed by atoms with Crippen LogP contribution in [0.2, 0.25) is 0 Å².